The van der Waals surface area contributed by atoms with E-state index in [1.807, 2.05) is 0 Å². The number of methoxy groups -OCH3 is 1. The Bertz CT molecular complexity index is 854. The van der Waals surface area contributed by atoms with Crippen molar-refractivity contribution in [3.63, 3.8) is 0 Å². The second kappa shape index (κ2) is 7.95. The van der Waals surface area contributed by atoms with Gasteiger partial charge in [0.1, 0.15) is 23.7 Å². The van der Waals surface area contributed by atoms with E-state index in [0.717, 1.165) is 63.7 Å². The quantitative estimate of drug-likeness (QED) is 0.578. The minimum Gasteiger partial charge on any atom is -0.497 e. The Hall–Kier alpha value is -1.73. The van der Waals surface area contributed by atoms with Crippen LogP contribution in [0.25, 0.3) is 0 Å². The number of hydrogen-bond donors (Lipinski definition) is 0. The van der Waals surface area contributed by atoms with Gasteiger partial charge in [-0.05, 0) is 59.4 Å². The third kappa shape index (κ3) is 3.62. The Labute approximate surface area is 170 Å². The Morgan fingerprint density at radius 3 is 2.64 bits per heavy atom. The average molecular weight is 399 g/mol. The molecule has 0 N–H and O–H groups in total. The molecule has 1 atom stereocenters. The third-order valence-electron chi connectivity index (χ3n) is 5.99. The zero-order valence-electron chi connectivity index (χ0n) is 16.2. The number of ether oxygens (including phenoxy) is 2. The van der Waals surface area contributed by atoms with Crippen LogP contribution in [0.4, 0.5) is 0 Å². The molecular formula is C22H26N2O3S. The Balaban J connectivity index is 1.31. The van der Waals surface area contributed by atoms with Crippen molar-refractivity contribution in [2.75, 3.05) is 40.0 Å². The summed E-state index contributed by atoms with van der Waals surface area (Å²) in [4.78, 5) is 2.61. The van der Waals surface area contributed by atoms with Gasteiger partial charge in [0.25, 0.3) is 0 Å². The monoisotopic (exact) mass is 398 g/mol. The topological polar surface area (TPSA) is 34.2 Å². The van der Waals surface area contributed by atoms with E-state index in [9.17, 15) is 0 Å². The van der Waals surface area contributed by atoms with Crippen molar-refractivity contribution in [3.8, 4) is 11.5 Å². The first-order chi connectivity index (χ1) is 13.8. The number of morpholine rings is 1. The summed E-state index contributed by atoms with van der Waals surface area (Å²) in [5, 5.41) is 0. The van der Waals surface area contributed by atoms with Crippen molar-refractivity contribution in [1.82, 2.24) is 9.21 Å². The molecule has 0 spiro atoms. The predicted octanol–water partition coefficient (Wildman–Crippen LogP) is 3.62. The van der Waals surface area contributed by atoms with Gasteiger partial charge in [-0.2, -0.15) is 0 Å². The summed E-state index contributed by atoms with van der Waals surface area (Å²) in [6.45, 7) is 5.47. The SMILES string of the molecule is COc1ccc2c(c1)CCN1Cc3cc(OSN4CCOCC4)ccc3CC21. The first-order valence-electron chi connectivity index (χ1n) is 10.00. The molecule has 1 saturated heterocycles. The van der Waals surface area contributed by atoms with Crippen LogP contribution in [0.15, 0.2) is 36.4 Å². The zero-order valence-corrected chi connectivity index (χ0v) is 17.0. The second-order valence-electron chi connectivity index (χ2n) is 7.63. The fourth-order valence-corrected chi connectivity index (χ4v) is 5.03. The fourth-order valence-electron chi connectivity index (χ4n) is 4.44. The summed E-state index contributed by atoms with van der Waals surface area (Å²) < 4.78 is 19.0. The lowest BCUT2D eigenvalue weighted by atomic mass is 9.84. The lowest BCUT2D eigenvalue weighted by Gasteiger charge is -2.41. The molecule has 28 heavy (non-hydrogen) atoms. The molecule has 1 unspecified atom stereocenters. The first kappa shape index (κ1) is 18.3. The molecule has 0 radical (unpaired) electrons. The summed E-state index contributed by atoms with van der Waals surface area (Å²) in [7, 11) is 1.74. The van der Waals surface area contributed by atoms with Gasteiger partial charge in [-0.25, -0.2) is 4.31 Å². The van der Waals surface area contributed by atoms with E-state index in [1.54, 1.807) is 7.11 Å². The normalized spacial score (nSPS) is 22.1. The molecule has 0 bridgehead atoms. The minimum atomic E-state index is 0.469. The van der Waals surface area contributed by atoms with Gasteiger partial charge in [-0.3, -0.25) is 4.90 Å². The van der Waals surface area contributed by atoms with Crippen molar-refractivity contribution in [1.29, 1.82) is 0 Å². The van der Waals surface area contributed by atoms with E-state index in [4.69, 9.17) is 13.7 Å². The highest BCUT2D eigenvalue weighted by Crippen LogP contribution is 2.40. The molecule has 1 fully saturated rings. The maximum Gasteiger partial charge on any atom is 0.146 e. The second-order valence-corrected chi connectivity index (χ2v) is 8.47. The van der Waals surface area contributed by atoms with Crippen molar-refractivity contribution >= 4 is 12.2 Å². The first-order valence-corrected chi connectivity index (χ1v) is 10.7. The molecule has 3 aliphatic rings. The van der Waals surface area contributed by atoms with Crippen LogP contribution < -0.4 is 8.92 Å². The van der Waals surface area contributed by atoms with E-state index < -0.39 is 0 Å². The molecule has 2 aromatic carbocycles. The highest BCUT2D eigenvalue weighted by molar-refractivity contribution is 7.92. The fraction of sp³-hybridized carbons (Fsp3) is 0.455. The van der Waals surface area contributed by atoms with E-state index in [0.29, 0.717) is 6.04 Å². The molecule has 5 nitrogen and oxygen atoms in total. The lowest BCUT2D eigenvalue weighted by molar-refractivity contribution is 0.0756. The van der Waals surface area contributed by atoms with Gasteiger partial charge in [0.05, 0.1) is 20.3 Å². The molecule has 0 saturated carbocycles. The summed E-state index contributed by atoms with van der Waals surface area (Å²) in [6, 6.07) is 13.6. The largest absolute Gasteiger partial charge is 0.497 e. The molecular weight excluding hydrogens is 372 g/mol. The number of fused-ring (bicyclic) bond motifs is 4. The Morgan fingerprint density at radius 2 is 1.79 bits per heavy atom. The van der Waals surface area contributed by atoms with Crippen LogP contribution in [0.2, 0.25) is 0 Å². The molecule has 148 valence electrons. The van der Waals surface area contributed by atoms with E-state index in [2.05, 4.69) is 45.6 Å². The van der Waals surface area contributed by atoms with E-state index in [1.165, 1.54) is 34.5 Å². The van der Waals surface area contributed by atoms with Crippen LogP contribution in [-0.4, -0.2) is 49.2 Å². The van der Waals surface area contributed by atoms with Gasteiger partial charge in [-0.1, -0.05) is 12.1 Å². The van der Waals surface area contributed by atoms with Gasteiger partial charge in [-0.15, -0.1) is 0 Å². The van der Waals surface area contributed by atoms with Crippen LogP contribution in [-0.2, 0) is 24.1 Å². The zero-order chi connectivity index (χ0) is 18.9. The standard InChI is InChI=1S/C22H26N2O3S/c1-25-19-4-5-21-17(12-19)6-7-23-15-18-13-20(3-2-16(18)14-22(21)23)27-28-24-8-10-26-11-9-24/h2-5,12-13,22H,6-11,14-15H2,1H3. The summed E-state index contributed by atoms with van der Waals surface area (Å²) in [5.41, 5.74) is 5.73. The smallest absolute Gasteiger partial charge is 0.146 e. The molecule has 0 aromatic heterocycles. The summed E-state index contributed by atoms with van der Waals surface area (Å²) in [6.07, 6.45) is 2.15. The van der Waals surface area contributed by atoms with Gasteiger partial charge in [0, 0.05) is 32.2 Å². The average Bonchev–Trinajstić information content (AvgIpc) is 2.76. The Morgan fingerprint density at radius 1 is 0.964 bits per heavy atom. The van der Waals surface area contributed by atoms with Gasteiger partial charge >= 0.3 is 0 Å². The van der Waals surface area contributed by atoms with Crippen LogP contribution in [0.5, 0.6) is 11.5 Å². The van der Waals surface area contributed by atoms with Crippen LogP contribution >= 0.6 is 12.2 Å². The van der Waals surface area contributed by atoms with E-state index in [-0.39, 0.29) is 0 Å². The number of benzene rings is 2. The van der Waals surface area contributed by atoms with Crippen molar-refractivity contribution in [3.05, 3.63) is 58.7 Å². The lowest BCUT2D eigenvalue weighted by Crippen LogP contribution is -2.39. The third-order valence-corrected chi connectivity index (χ3v) is 6.83. The van der Waals surface area contributed by atoms with E-state index >= 15 is 0 Å². The maximum atomic E-state index is 5.98. The molecule has 3 aliphatic heterocycles. The number of rotatable bonds is 4. The predicted molar refractivity (Wildman–Crippen MR) is 111 cm³/mol. The molecule has 0 amide bonds. The minimum absolute atomic E-state index is 0.469. The highest BCUT2D eigenvalue weighted by atomic mass is 32.2. The summed E-state index contributed by atoms with van der Waals surface area (Å²) >= 11 is 1.45. The Kier molecular flexibility index (Phi) is 5.20. The highest BCUT2D eigenvalue weighted by Gasteiger charge is 2.32. The molecule has 0 aliphatic carbocycles. The van der Waals surface area contributed by atoms with Gasteiger partial charge in [0.15, 0.2) is 0 Å². The molecule has 3 heterocycles. The van der Waals surface area contributed by atoms with Crippen LogP contribution in [0, 0.1) is 0 Å². The van der Waals surface area contributed by atoms with Crippen molar-refractivity contribution in [2.45, 2.75) is 25.4 Å². The molecule has 2 aromatic rings. The van der Waals surface area contributed by atoms with Gasteiger partial charge in [0.2, 0.25) is 0 Å². The number of hydrogen-bond acceptors (Lipinski definition) is 6. The van der Waals surface area contributed by atoms with Crippen molar-refractivity contribution in [2.24, 2.45) is 0 Å². The maximum absolute atomic E-state index is 5.98. The van der Waals surface area contributed by atoms with Crippen LogP contribution in [0.1, 0.15) is 28.3 Å². The molecule has 5 rings (SSSR count). The van der Waals surface area contributed by atoms with Crippen LogP contribution in [0.3, 0.4) is 0 Å². The molecule has 6 heteroatoms. The van der Waals surface area contributed by atoms with Gasteiger partial charge < -0.3 is 13.7 Å². The number of nitrogens with zero attached hydrogens (tertiary/aromatic N) is 2. The van der Waals surface area contributed by atoms with Crippen molar-refractivity contribution < 1.29 is 13.7 Å². The summed E-state index contributed by atoms with van der Waals surface area (Å²) in [5.74, 6) is 1.90.